The van der Waals surface area contributed by atoms with E-state index in [0.29, 0.717) is 24.5 Å². The van der Waals surface area contributed by atoms with E-state index in [2.05, 4.69) is 15.5 Å². The Morgan fingerprint density at radius 1 is 1.08 bits per heavy atom. The number of aromatic nitrogens is 2. The van der Waals surface area contributed by atoms with Crippen molar-refractivity contribution in [2.24, 2.45) is 0 Å². The maximum Gasteiger partial charge on any atom is 0.322 e. The highest BCUT2D eigenvalue weighted by molar-refractivity contribution is 7.99. The molecule has 0 saturated carbocycles. The lowest BCUT2D eigenvalue weighted by molar-refractivity contribution is -0.115. The van der Waals surface area contributed by atoms with E-state index < -0.39 is 0 Å². The summed E-state index contributed by atoms with van der Waals surface area (Å²) in [7, 11) is 0. The first-order valence-corrected chi connectivity index (χ1v) is 9.03. The van der Waals surface area contributed by atoms with Crippen LogP contribution >= 0.6 is 11.8 Å². The Balaban J connectivity index is 1.45. The highest BCUT2D eigenvalue weighted by Gasteiger charge is 2.10. The zero-order valence-corrected chi connectivity index (χ0v) is 14.8. The third-order valence-electron chi connectivity index (χ3n) is 3.53. The summed E-state index contributed by atoms with van der Waals surface area (Å²) < 4.78 is 5.49. The normalized spacial score (nSPS) is 10.6. The molecule has 5 nitrogen and oxygen atoms in total. The van der Waals surface area contributed by atoms with Gasteiger partial charge in [-0.05, 0) is 24.6 Å². The second kappa shape index (κ2) is 8.48. The zero-order valence-electron chi connectivity index (χ0n) is 13.9. The molecule has 6 heteroatoms. The Morgan fingerprint density at radius 3 is 2.60 bits per heavy atom. The molecule has 0 spiro atoms. The fraction of sp³-hybridized carbons (Fsp3) is 0.211. The first kappa shape index (κ1) is 17.2. The topological polar surface area (TPSA) is 68.0 Å². The van der Waals surface area contributed by atoms with Crippen molar-refractivity contribution >= 4 is 23.7 Å². The van der Waals surface area contributed by atoms with Gasteiger partial charge in [0.15, 0.2) is 0 Å². The summed E-state index contributed by atoms with van der Waals surface area (Å²) in [6.07, 6.45) is 0.933. The van der Waals surface area contributed by atoms with Gasteiger partial charge in [0.1, 0.15) is 0 Å². The highest BCUT2D eigenvalue weighted by atomic mass is 32.2. The molecular weight excluding hydrogens is 334 g/mol. The van der Waals surface area contributed by atoms with Crippen molar-refractivity contribution in [2.45, 2.75) is 24.7 Å². The molecule has 0 bridgehead atoms. The number of carbonyl (C=O) groups excluding carboxylic acids is 1. The Hall–Kier alpha value is -2.60. The van der Waals surface area contributed by atoms with E-state index in [0.717, 1.165) is 10.5 Å². The molecule has 0 saturated heterocycles. The van der Waals surface area contributed by atoms with Crippen LogP contribution in [-0.4, -0.2) is 21.9 Å². The standard InChI is InChI=1S/C19H19N3O2S/c1-14-7-9-15(10-8-14)13-18-21-22-19(24-18)20-17(23)11-12-25-16-5-3-2-4-6-16/h2-10H,11-13H2,1H3,(H,20,22,23). The van der Waals surface area contributed by atoms with Crippen LogP contribution in [0.3, 0.4) is 0 Å². The first-order valence-electron chi connectivity index (χ1n) is 8.05. The van der Waals surface area contributed by atoms with Gasteiger partial charge in [0.25, 0.3) is 0 Å². The molecular formula is C19H19N3O2S. The van der Waals surface area contributed by atoms with Crippen LogP contribution in [0.2, 0.25) is 0 Å². The van der Waals surface area contributed by atoms with Gasteiger partial charge in [-0.3, -0.25) is 10.1 Å². The number of nitrogens with one attached hydrogen (secondary N) is 1. The summed E-state index contributed by atoms with van der Waals surface area (Å²) >= 11 is 1.64. The van der Waals surface area contributed by atoms with Crippen LogP contribution < -0.4 is 5.32 Å². The van der Waals surface area contributed by atoms with Gasteiger partial charge in [0, 0.05) is 17.1 Å². The van der Waals surface area contributed by atoms with Crippen LogP contribution in [0.4, 0.5) is 6.01 Å². The Bertz CT molecular complexity index is 816. The lowest BCUT2D eigenvalue weighted by Gasteiger charge is -2.01. The summed E-state index contributed by atoms with van der Waals surface area (Å²) in [6.45, 7) is 2.04. The molecule has 0 unspecified atom stereocenters. The molecule has 25 heavy (non-hydrogen) atoms. The number of hydrogen-bond acceptors (Lipinski definition) is 5. The molecule has 1 heterocycles. The fourth-order valence-electron chi connectivity index (χ4n) is 2.22. The molecule has 0 aliphatic heterocycles. The highest BCUT2D eigenvalue weighted by Crippen LogP contribution is 2.18. The number of thioether (sulfide) groups is 1. The first-order chi connectivity index (χ1) is 12.2. The molecule has 1 aromatic heterocycles. The van der Waals surface area contributed by atoms with E-state index >= 15 is 0 Å². The van der Waals surface area contributed by atoms with E-state index in [1.54, 1.807) is 11.8 Å². The molecule has 0 fully saturated rings. The Kier molecular flexibility index (Phi) is 5.85. The average Bonchev–Trinajstić information content (AvgIpc) is 3.05. The lowest BCUT2D eigenvalue weighted by Crippen LogP contribution is -2.12. The van der Waals surface area contributed by atoms with Gasteiger partial charge in [-0.2, -0.15) is 0 Å². The number of carbonyl (C=O) groups is 1. The number of aryl methyl sites for hydroxylation is 1. The zero-order chi connectivity index (χ0) is 17.5. The number of hydrogen-bond donors (Lipinski definition) is 1. The number of anilines is 1. The van der Waals surface area contributed by atoms with Gasteiger partial charge in [0.2, 0.25) is 11.8 Å². The largest absolute Gasteiger partial charge is 0.407 e. The number of nitrogens with zero attached hydrogens (tertiary/aromatic N) is 2. The van der Waals surface area contributed by atoms with E-state index in [-0.39, 0.29) is 11.9 Å². The van der Waals surface area contributed by atoms with Gasteiger partial charge in [-0.15, -0.1) is 16.9 Å². The average molecular weight is 353 g/mol. The third kappa shape index (κ3) is 5.46. The SMILES string of the molecule is Cc1ccc(Cc2nnc(NC(=O)CCSc3ccccc3)o2)cc1. The van der Waals surface area contributed by atoms with Gasteiger partial charge < -0.3 is 4.42 Å². The molecule has 0 aliphatic rings. The molecule has 3 aromatic rings. The van der Waals surface area contributed by atoms with Gasteiger partial charge in [0.05, 0.1) is 6.42 Å². The van der Waals surface area contributed by atoms with Crippen molar-refractivity contribution in [3.63, 3.8) is 0 Å². The quantitative estimate of drug-likeness (QED) is 0.648. The second-order valence-corrected chi connectivity index (χ2v) is 6.79. The van der Waals surface area contributed by atoms with Crippen molar-refractivity contribution in [3.05, 3.63) is 71.6 Å². The minimum Gasteiger partial charge on any atom is -0.407 e. The van der Waals surface area contributed by atoms with Crippen LogP contribution in [-0.2, 0) is 11.2 Å². The van der Waals surface area contributed by atoms with Crippen LogP contribution in [0.25, 0.3) is 0 Å². The summed E-state index contributed by atoms with van der Waals surface area (Å²) in [4.78, 5) is 13.1. The predicted octanol–water partition coefficient (Wildman–Crippen LogP) is 4.09. The number of amides is 1. The van der Waals surface area contributed by atoms with Crippen LogP contribution in [0, 0.1) is 6.92 Å². The van der Waals surface area contributed by atoms with Gasteiger partial charge in [-0.1, -0.05) is 53.1 Å². The van der Waals surface area contributed by atoms with E-state index in [1.807, 2.05) is 61.5 Å². The summed E-state index contributed by atoms with van der Waals surface area (Å²) in [5, 5.41) is 10.5. The van der Waals surface area contributed by atoms with Crippen molar-refractivity contribution in [1.29, 1.82) is 0 Å². The van der Waals surface area contributed by atoms with Crippen molar-refractivity contribution in [2.75, 3.05) is 11.1 Å². The molecule has 0 radical (unpaired) electrons. The Labute approximate surface area is 150 Å². The van der Waals surface area contributed by atoms with Gasteiger partial charge >= 0.3 is 6.01 Å². The van der Waals surface area contributed by atoms with E-state index in [9.17, 15) is 4.79 Å². The molecule has 0 aliphatic carbocycles. The molecule has 0 atom stereocenters. The molecule has 1 amide bonds. The molecule has 128 valence electrons. The predicted molar refractivity (Wildman–Crippen MR) is 98.7 cm³/mol. The van der Waals surface area contributed by atoms with Crippen molar-refractivity contribution < 1.29 is 9.21 Å². The molecule has 2 aromatic carbocycles. The Morgan fingerprint density at radius 2 is 1.84 bits per heavy atom. The summed E-state index contributed by atoms with van der Waals surface area (Å²) in [6, 6.07) is 18.3. The van der Waals surface area contributed by atoms with E-state index in [1.165, 1.54) is 5.56 Å². The third-order valence-corrected chi connectivity index (χ3v) is 4.54. The second-order valence-electron chi connectivity index (χ2n) is 5.62. The van der Waals surface area contributed by atoms with Crippen molar-refractivity contribution in [3.8, 4) is 0 Å². The molecule has 3 rings (SSSR count). The summed E-state index contributed by atoms with van der Waals surface area (Å²) in [5.41, 5.74) is 2.29. The van der Waals surface area contributed by atoms with Crippen molar-refractivity contribution in [1.82, 2.24) is 10.2 Å². The fourth-order valence-corrected chi connectivity index (χ4v) is 3.09. The van der Waals surface area contributed by atoms with Crippen LogP contribution in [0.5, 0.6) is 0 Å². The minimum absolute atomic E-state index is 0.131. The summed E-state index contributed by atoms with van der Waals surface area (Å²) in [5.74, 6) is 1.05. The number of benzene rings is 2. The maximum atomic E-state index is 12.0. The maximum absolute atomic E-state index is 12.0. The van der Waals surface area contributed by atoms with Crippen LogP contribution in [0.1, 0.15) is 23.4 Å². The smallest absolute Gasteiger partial charge is 0.322 e. The lowest BCUT2D eigenvalue weighted by atomic mass is 10.1. The van der Waals surface area contributed by atoms with Crippen LogP contribution in [0.15, 0.2) is 63.9 Å². The van der Waals surface area contributed by atoms with E-state index in [4.69, 9.17) is 4.42 Å². The minimum atomic E-state index is -0.131. The monoisotopic (exact) mass is 353 g/mol. The van der Waals surface area contributed by atoms with Gasteiger partial charge in [-0.25, -0.2) is 0 Å². The molecule has 1 N–H and O–H groups in total. The number of rotatable bonds is 7.